The van der Waals surface area contributed by atoms with E-state index in [0.29, 0.717) is 0 Å². The fourth-order valence-electron chi connectivity index (χ4n) is 7.27. The summed E-state index contributed by atoms with van der Waals surface area (Å²) in [5, 5.41) is 8.21. The Morgan fingerprint density at radius 1 is 0.440 bits per heavy atom. The van der Waals surface area contributed by atoms with Crippen molar-refractivity contribution in [2.24, 2.45) is 9.98 Å². The molecule has 5 heteroatoms. The minimum Gasteiger partial charge on any atom is -0.456 e. The number of nitrogens with one attached hydrogen (secondary N) is 1. The van der Waals surface area contributed by atoms with Gasteiger partial charge in [0.15, 0.2) is 6.17 Å². The number of para-hydroxylation sites is 3. The molecular formula is C45H30N4O. The third kappa shape index (κ3) is 4.71. The molecule has 0 spiro atoms. The maximum atomic E-state index is 6.12. The molecule has 1 aliphatic rings. The molecule has 0 bridgehead atoms. The van der Waals surface area contributed by atoms with E-state index in [1.54, 1.807) is 0 Å². The molecule has 9 aromatic rings. The summed E-state index contributed by atoms with van der Waals surface area (Å²) in [4.78, 5) is 10.4. The van der Waals surface area contributed by atoms with Crippen LogP contribution in [0.1, 0.15) is 22.9 Å². The molecule has 0 amide bonds. The summed E-state index contributed by atoms with van der Waals surface area (Å²) in [6.07, 6.45) is -0.432. The number of nitrogens with zero attached hydrogens (tertiary/aromatic N) is 3. The molecule has 1 unspecified atom stereocenters. The van der Waals surface area contributed by atoms with Crippen LogP contribution in [-0.4, -0.2) is 16.2 Å². The maximum absolute atomic E-state index is 6.12. The maximum Gasteiger partial charge on any atom is 0.169 e. The van der Waals surface area contributed by atoms with Gasteiger partial charge in [0.1, 0.15) is 22.8 Å². The number of amidine groups is 2. The van der Waals surface area contributed by atoms with E-state index in [4.69, 9.17) is 14.4 Å². The molecule has 2 aromatic heterocycles. The number of rotatable bonds is 5. The predicted octanol–water partition coefficient (Wildman–Crippen LogP) is 10.8. The Hall–Kier alpha value is -6.72. The van der Waals surface area contributed by atoms with Crippen LogP contribution in [-0.2, 0) is 0 Å². The molecule has 0 radical (unpaired) electrons. The molecule has 1 N–H and O–H groups in total. The molecule has 5 nitrogen and oxygen atoms in total. The van der Waals surface area contributed by atoms with Gasteiger partial charge in [0.2, 0.25) is 0 Å². The molecule has 236 valence electrons. The number of fused-ring (bicyclic) bond motifs is 6. The van der Waals surface area contributed by atoms with Crippen LogP contribution in [0.15, 0.2) is 184 Å². The smallest absolute Gasteiger partial charge is 0.169 e. The van der Waals surface area contributed by atoms with E-state index < -0.39 is 6.17 Å². The van der Waals surface area contributed by atoms with E-state index in [0.717, 1.165) is 67.1 Å². The number of furan rings is 1. The van der Waals surface area contributed by atoms with Crippen molar-refractivity contribution in [1.82, 2.24) is 9.88 Å². The Labute approximate surface area is 288 Å². The van der Waals surface area contributed by atoms with Crippen LogP contribution in [0.4, 0.5) is 0 Å². The molecule has 7 aromatic carbocycles. The first-order chi connectivity index (χ1) is 24.8. The van der Waals surface area contributed by atoms with Crippen molar-refractivity contribution >= 4 is 55.4 Å². The van der Waals surface area contributed by atoms with Crippen molar-refractivity contribution in [3.05, 3.63) is 187 Å². The number of aliphatic imine (C=N–C) groups is 2. The van der Waals surface area contributed by atoms with E-state index in [-0.39, 0.29) is 0 Å². The summed E-state index contributed by atoms with van der Waals surface area (Å²) in [5.41, 5.74) is 10.5. The first-order valence-corrected chi connectivity index (χ1v) is 16.9. The van der Waals surface area contributed by atoms with Crippen molar-refractivity contribution in [2.45, 2.75) is 6.17 Å². The molecular weight excluding hydrogens is 613 g/mol. The van der Waals surface area contributed by atoms with Gasteiger partial charge in [-0.15, -0.1) is 0 Å². The van der Waals surface area contributed by atoms with Crippen molar-refractivity contribution in [3.8, 4) is 16.8 Å². The second kappa shape index (κ2) is 11.5. The van der Waals surface area contributed by atoms with E-state index in [1.807, 2.05) is 42.5 Å². The molecule has 50 heavy (non-hydrogen) atoms. The highest BCUT2D eigenvalue weighted by atomic mass is 16.3. The number of aromatic nitrogens is 1. The lowest BCUT2D eigenvalue weighted by molar-refractivity contribution is 0.669. The van der Waals surface area contributed by atoms with Gasteiger partial charge < -0.3 is 14.3 Å². The van der Waals surface area contributed by atoms with Gasteiger partial charge in [0.05, 0.1) is 11.0 Å². The number of hydrogen-bond donors (Lipinski definition) is 1. The molecule has 1 aliphatic heterocycles. The monoisotopic (exact) mass is 642 g/mol. The Bertz CT molecular complexity index is 2750. The summed E-state index contributed by atoms with van der Waals surface area (Å²) >= 11 is 0. The lowest BCUT2D eigenvalue weighted by Crippen LogP contribution is -2.36. The lowest BCUT2D eigenvalue weighted by atomic mass is 10.0. The average Bonchev–Trinajstić information content (AvgIpc) is 3.74. The summed E-state index contributed by atoms with van der Waals surface area (Å²) in [7, 11) is 0. The van der Waals surface area contributed by atoms with Gasteiger partial charge in [-0.2, -0.15) is 0 Å². The largest absolute Gasteiger partial charge is 0.456 e. The molecule has 3 heterocycles. The Kier molecular flexibility index (Phi) is 6.49. The molecule has 1 atom stereocenters. The fourth-order valence-corrected chi connectivity index (χ4v) is 7.27. The van der Waals surface area contributed by atoms with Crippen molar-refractivity contribution in [2.75, 3.05) is 0 Å². The van der Waals surface area contributed by atoms with Gasteiger partial charge in [0, 0.05) is 38.4 Å². The summed E-state index contributed by atoms with van der Waals surface area (Å²) in [5.74, 6) is 1.56. The fraction of sp³-hybridized carbons (Fsp3) is 0.0222. The number of benzene rings is 7. The van der Waals surface area contributed by atoms with Gasteiger partial charge >= 0.3 is 0 Å². The normalized spacial score (nSPS) is 14.6. The third-order valence-corrected chi connectivity index (χ3v) is 9.64. The molecule has 0 saturated carbocycles. The van der Waals surface area contributed by atoms with Crippen LogP contribution in [0.5, 0.6) is 0 Å². The van der Waals surface area contributed by atoms with Gasteiger partial charge in [-0.3, -0.25) is 0 Å². The Morgan fingerprint density at radius 2 is 1.04 bits per heavy atom. The van der Waals surface area contributed by atoms with Crippen LogP contribution in [0.2, 0.25) is 0 Å². The second-order valence-corrected chi connectivity index (χ2v) is 12.7. The second-order valence-electron chi connectivity index (χ2n) is 12.7. The Balaban J connectivity index is 1.07. The van der Waals surface area contributed by atoms with Gasteiger partial charge in [-0.1, -0.05) is 115 Å². The molecule has 0 aliphatic carbocycles. The molecule has 0 saturated heterocycles. The van der Waals surface area contributed by atoms with Crippen molar-refractivity contribution in [1.29, 1.82) is 0 Å². The Morgan fingerprint density at radius 3 is 1.82 bits per heavy atom. The predicted molar refractivity (Wildman–Crippen MR) is 205 cm³/mol. The van der Waals surface area contributed by atoms with Gasteiger partial charge in [-0.05, 0) is 71.3 Å². The highest BCUT2D eigenvalue weighted by Gasteiger charge is 2.22. The summed E-state index contributed by atoms with van der Waals surface area (Å²) in [6, 6.07) is 59.3. The van der Waals surface area contributed by atoms with E-state index in [2.05, 4.69) is 137 Å². The van der Waals surface area contributed by atoms with Crippen LogP contribution in [0.3, 0.4) is 0 Å². The van der Waals surface area contributed by atoms with Crippen LogP contribution < -0.4 is 5.32 Å². The van der Waals surface area contributed by atoms with Crippen LogP contribution in [0.25, 0.3) is 60.6 Å². The SMILES string of the molecule is c1ccc(C2=NC(c3cccc(-c4cccc(-n5c6ccccc6c6ccccc65)c4)c3)N=C(c3ccc4oc5ccccc5c4c3)N2)cc1. The zero-order chi connectivity index (χ0) is 33.0. The minimum absolute atomic E-state index is 0.432. The third-order valence-electron chi connectivity index (χ3n) is 9.64. The number of hydrogen-bond acceptors (Lipinski definition) is 4. The zero-order valence-corrected chi connectivity index (χ0v) is 27.0. The van der Waals surface area contributed by atoms with E-state index >= 15 is 0 Å². The zero-order valence-electron chi connectivity index (χ0n) is 27.0. The molecule has 10 rings (SSSR count). The highest BCUT2D eigenvalue weighted by molar-refractivity contribution is 6.17. The standard InChI is InChI=1S/C45H30N4O/c1-2-12-29(13-3-1)43-46-44(48-45(47-43)33-24-25-42-38(28-33)37-20-6-9-23-41(37)50-42)32-16-10-14-30(26-32)31-15-11-17-34(27-31)49-39-21-7-4-18-35(39)36-19-5-8-22-40(36)49/h1-28,44H,(H,46,47,48). The first-order valence-electron chi connectivity index (χ1n) is 16.9. The highest BCUT2D eigenvalue weighted by Crippen LogP contribution is 2.35. The lowest BCUT2D eigenvalue weighted by Gasteiger charge is -2.22. The van der Waals surface area contributed by atoms with Gasteiger partial charge in [0.25, 0.3) is 0 Å². The van der Waals surface area contributed by atoms with E-state index in [9.17, 15) is 0 Å². The van der Waals surface area contributed by atoms with Crippen molar-refractivity contribution in [3.63, 3.8) is 0 Å². The van der Waals surface area contributed by atoms with Crippen molar-refractivity contribution < 1.29 is 4.42 Å². The van der Waals surface area contributed by atoms with E-state index in [1.165, 1.54) is 21.8 Å². The van der Waals surface area contributed by atoms with Crippen LogP contribution >= 0.6 is 0 Å². The average molecular weight is 643 g/mol. The first kappa shape index (κ1) is 28.3. The minimum atomic E-state index is -0.432. The quantitative estimate of drug-likeness (QED) is 0.203. The topological polar surface area (TPSA) is 54.8 Å². The van der Waals surface area contributed by atoms with Gasteiger partial charge in [-0.25, -0.2) is 9.98 Å². The molecule has 0 fully saturated rings. The summed E-state index contributed by atoms with van der Waals surface area (Å²) in [6.45, 7) is 0. The summed E-state index contributed by atoms with van der Waals surface area (Å²) < 4.78 is 8.48. The van der Waals surface area contributed by atoms with Crippen LogP contribution in [0, 0.1) is 0 Å².